The Morgan fingerprint density at radius 2 is 0.760 bits per heavy atom. The zero-order chi connectivity index (χ0) is 18.7. The molecule has 0 unspecified atom stereocenters. The van der Waals surface area contributed by atoms with E-state index in [9.17, 15) is 19.2 Å². The van der Waals surface area contributed by atoms with E-state index < -0.39 is 23.9 Å². The molecule has 0 heterocycles. The molecule has 0 atom stereocenters. The summed E-state index contributed by atoms with van der Waals surface area (Å²) in [6, 6.07) is 6.50. The Balaban J connectivity index is 2.51. The van der Waals surface area contributed by atoms with Crippen molar-refractivity contribution in [2.24, 2.45) is 0 Å². The topological polar surface area (TPSA) is 161 Å². The van der Waals surface area contributed by atoms with Gasteiger partial charge in [-0.2, -0.15) is 0 Å². The van der Waals surface area contributed by atoms with Gasteiger partial charge in [0.05, 0.1) is 22.3 Å². The Bertz CT molecular complexity index is 765. The Morgan fingerprint density at radius 3 is 0.960 bits per heavy atom. The number of nitrogens with one attached hydrogen (secondary N) is 1. The van der Waals surface area contributed by atoms with Gasteiger partial charge in [-0.15, -0.1) is 0 Å². The van der Waals surface area contributed by atoms with Crippen LogP contribution >= 0.6 is 0 Å². The standard InChI is InChI=1S/C16H11NO8/c18-13(19)7-1-8(14(20)21)4-11(3-7)17-12-5-9(15(22)23)2-10(6-12)16(24)25/h1-6,17H,(H,18,19)(H,20,21)(H,22,23)(H,24,25). The lowest BCUT2D eigenvalue weighted by atomic mass is 10.1. The van der Waals surface area contributed by atoms with Gasteiger partial charge in [0.2, 0.25) is 0 Å². The van der Waals surface area contributed by atoms with Gasteiger partial charge in [0, 0.05) is 11.4 Å². The summed E-state index contributed by atoms with van der Waals surface area (Å²) in [6.07, 6.45) is 0. The predicted molar refractivity (Wildman–Crippen MR) is 84.0 cm³/mol. The molecule has 0 amide bonds. The van der Waals surface area contributed by atoms with E-state index in [0.717, 1.165) is 36.4 Å². The van der Waals surface area contributed by atoms with Crippen LogP contribution in [0.4, 0.5) is 11.4 Å². The number of hydrogen-bond acceptors (Lipinski definition) is 5. The monoisotopic (exact) mass is 345 g/mol. The van der Waals surface area contributed by atoms with Crippen molar-refractivity contribution < 1.29 is 39.6 Å². The highest BCUT2D eigenvalue weighted by Crippen LogP contribution is 2.23. The van der Waals surface area contributed by atoms with Crippen LogP contribution in [0.5, 0.6) is 0 Å². The molecule has 0 aliphatic rings. The summed E-state index contributed by atoms with van der Waals surface area (Å²) in [5.74, 6) is -5.40. The molecule has 0 fully saturated rings. The molecule has 0 saturated carbocycles. The third kappa shape index (κ3) is 4.10. The molecule has 25 heavy (non-hydrogen) atoms. The van der Waals surface area contributed by atoms with E-state index >= 15 is 0 Å². The predicted octanol–water partition coefficient (Wildman–Crippen LogP) is 2.22. The van der Waals surface area contributed by atoms with Crippen LogP contribution in [-0.4, -0.2) is 44.3 Å². The molecule has 0 aliphatic heterocycles. The molecule has 2 rings (SSSR count). The average Bonchev–Trinajstić information content (AvgIpc) is 2.53. The molecule has 9 heteroatoms. The minimum Gasteiger partial charge on any atom is -0.478 e. The zero-order valence-electron chi connectivity index (χ0n) is 12.4. The van der Waals surface area contributed by atoms with Crippen molar-refractivity contribution in [3.8, 4) is 0 Å². The summed E-state index contributed by atoms with van der Waals surface area (Å²) in [5.41, 5.74) is -1.08. The van der Waals surface area contributed by atoms with Gasteiger partial charge < -0.3 is 25.7 Å². The van der Waals surface area contributed by atoms with Crippen molar-refractivity contribution in [1.82, 2.24) is 0 Å². The summed E-state index contributed by atoms with van der Waals surface area (Å²) in [5, 5.41) is 38.8. The maximum atomic E-state index is 11.1. The summed E-state index contributed by atoms with van der Waals surface area (Å²) in [4.78, 5) is 44.4. The first kappa shape index (κ1) is 17.5. The molecular formula is C16H11NO8. The maximum absolute atomic E-state index is 11.1. The number of anilines is 2. The van der Waals surface area contributed by atoms with Crippen molar-refractivity contribution in [2.75, 3.05) is 5.32 Å². The first-order chi connectivity index (χ1) is 11.7. The highest BCUT2D eigenvalue weighted by molar-refractivity contribution is 5.97. The van der Waals surface area contributed by atoms with Crippen molar-refractivity contribution in [2.45, 2.75) is 0 Å². The normalized spacial score (nSPS) is 10.1. The van der Waals surface area contributed by atoms with E-state index in [0.29, 0.717) is 0 Å². The van der Waals surface area contributed by atoms with Crippen LogP contribution < -0.4 is 5.32 Å². The van der Waals surface area contributed by atoms with E-state index in [1.165, 1.54) is 0 Å². The number of carboxylic acids is 4. The van der Waals surface area contributed by atoms with Gasteiger partial charge in [0.15, 0.2) is 0 Å². The second-order valence-electron chi connectivity index (χ2n) is 4.94. The second kappa shape index (κ2) is 6.71. The molecule has 0 radical (unpaired) electrons. The Labute approximate surface area is 139 Å². The van der Waals surface area contributed by atoms with Crippen LogP contribution in [0.1, 0.15) is 41.4 Å². The summed E-state index contributed by atoms with van der Waals surface area (Å²) >= 11 is 0. The lowest BCUT2D eigenvalue weighted by Gasteiger charge is -2.10. The number of carbonyl (C=O) groups is 4. The van der Waals surface area contributed by atoms with Crippen molar-refractivity contribution in [3.05, 3.63) is 58.7 Å². The SMILES string of the molecule is O=C(O)c1cc(Nc2cc(C(=O)O)cc(C(=O)O)c2)cc(C(=O)O)c1. The molecule has 0 bridgehead atoms. The molecule has 0 saturated heterocycles. The van der Waals surface area contributed by atoms with Crippen molar-refractivity contribution in [1.29, 1.82) is 0 Å². The van der Waals surface area contributed by atoms with Crippen molar-refractivity contribution >= 4 is 35.3 Å². The number of hydrogen-bond donors (Lipinski definition) is 5. The van der Waals surface area contributed by atoms with Crippen LogP contribution in [0.2, 0.25) is 0 Å². The van der Waals surface area contributed by atoms with E-state index in [1.807, 2.05) is 0 Å². The summed E-state index contributed by atoms with van der Waals surface area (Å²) in [6.45, 7) is 0. The Kier molecular flexibility index (Phi) is 4.69. The number of benzene rings is 2. The first-order valence-electron chi connectivity index (χ1n) is 6.68. The lowest BCUT2D eigenvalue weighted by molar-refractivity contribution is 0.0676. The molecule has 128 valence electrons. The van der Waals surface area contributed by atoms with Crippen molar-refractivity contribution in [3.63, 3.8) is 0 Å². The van der Waals surface area contributed by atoms with Crippen LogP contribution in [0.25, 0.3) is 0 Å². The van der Waals surface area contributed by atoms with E-state index in [1.54, 1.807) is 0 Å². The molecular weight excluding hydrogens is 334 g/mol. The Hall–Kier alpha value is -3.88. The molecule has 5 N–H and O–H groups in total. The minimum absolute atomic E-state index is 0.0520. The van der Waals surface area contributed by atoms with E-state index in [4.69, 9.17) is 20.4 Å². The lowest BCUT2D eigenvalue weighted by Crippen LogP contribution is -2.06. The largest absolute Gasteiger partial charge is 0.478 e. The highest BCUT2D eigenvalue weighted by Gasteiger charge is 2.14. The fraction of sp³-hybridized carbons (Fsp3) is 0. The van der Waals surface area contributed by atoms with Gasteiger partial charge in [0.25, 0.3) is 0 Å². The van der Waals surface area contributed by atoms with Crippen LogP contribution in [0.3, 0.4) is 0 Å². The third-order valence-corrected chi connectivity index (χ3v) is 3.14. The molecule has 2 aromatic rings. The van der Waals surface area contributed by atoms with E-state index in [2.05, 4.69) is 5.32 Å². The molecule has 9 nitrogen and oxygen atoms in total. The summed E-state index contributed by atoms with van der Waals surface area (Å²) < 4.78 is 0. The van der Waals surface area contributed by atoms with Crippen LogP contribution in [0, 0.1) is 0 Å². The summed E-state index contributed by atoms with van der Waals surface area (Å²) in [7, 11) is 0. The average molecular weight is 345 g/mol. The van der Waals surface area contributed by atoms with Gasteiger partial charge in [0.1, 0.15) is 0 Å². The molecule has 2 aromatic carbocycles. The number of rotatable bonds is 6. The number of carboxylic acid groups (broad SMARTS) is 4. The molecule has 0 spiro atoms. The van der Waals surface area contributed by atoms with Crippen LogP contribution in [-0.2, 0) is 0 Å². The van der Waals surface area contributed by atoms with E-state index in [-0.39, 0.29) is 33.6 Å². The fourth-order valence-corrected chi connectivity index (χ4v) is 2.06. The second-order valence-corrected chi connectivity index (χ2v) is 4.94. The maximum Gasteiger partial charge on any atom is 0.335 e. The Morgan fingerprint density at radius 1 is 0.520 bits per heavy atom. The van der Waals surface area contributed by atoms with Gasteiger partial charge in [-0.3, -0.25) is 0 Å². The van der Waals surface area contributed by atoms with Gasteiger partial charge >= 0.3 is 23.9 Å². The minimum atomic E-state index is -1.35. The first-order valence-corrected chi connectivity index (χ1v) is 6.68. The van der Waals surface area contributed by atoms with Gasteiger partial charge in [-0.1, -0.05) is 0 Å². The number of aromatic carboxylic acids is 4. The third-order valence-electron chi connectivity index (χ3n) is 3.14. The molecule has 0 aliphatic carbocycles. The van der Waals surface area contributed by atoms with Crippen LogP contribution in [0.15, 0.2) is 36.4 Å². The smallest absolute Gasteiger partial charge is 0.335 e. The van der Waals surface area contributed by atoms with Gasteiger partial charge in [-0.05, 0) is 36.4 Å². The molecule has 0 aromatic heterocycles. The van der Waals surface area contributed by atoms with Gasteiger partial charge in [-0.25, -0.2) is 19.2 Å². The quantitative estimate of drug-likeness (QED) is 0.528. The highest BCUT2D eigenvalue weighted by atomic mass is 16.4. The fourth-order valence-electron chi connectivity index (χ4n) is 2.06. The zero-order valence-corrected chi connectivity index (χ0v) is 12.4.